The molecule has 0 saturated carbocycles. The Morgan fingerprint density at radius 1 is 1.52 bits per heavy atom. The van der Waals surface area contributed by atoms with E-state index in [2.05, 4.69) is 14.7 Å². The van der Waals surface area contributed by atoms with E-state index in [1.807, 2.05) is 6.07 Å². The number of aryl methyl sites for hydroxylation is 1. The highest BCUT2D eigenvalue weighted by Crippen LogP contribution is 2.23. The lowest BCUT2D eigenvalue weighted by molar-refractivity contribution is 0.0563. The summed E-state index contributed by atoms with van der Waals surface area (Å²) in [6, 6.07) is 5.18. The molecule has 0 radical (unpaired) electrons. The summed E-state index contributed by atoms with van der Waals surface area (Å²) in [4.78, 5) is 19.5. The van der Waals surface area contributed by atoms with Crippen molar-refractivity contribution in [1.29, 1.82) is 5.26 Å². The molecule has 0 aliphatic rings. The molecular weight excluding hydrogens is 292 g/mol. The number of nitrogens with two attached hydrogens (primary N) is 1. The second-order valence-electron chi connectivity index (χ2n) is 4.01. The standard InChI is InChI=1S/C13H12N4O3S/c1-7-9(5-14)11(15)17-13(16-7)21-6-8-3-4-10(20-8)12(18)19-2/h3-4H,6H2,1-2H3,(H2,15,16,17). The lowest BCUT2D eigenvalue weighted by Crippen LogP contribution is -2.02. The molecule has 0 unspecified atom stereocenters. The smallest absolute Gasteiger partial charge is 0.373 e. The van der Waals surface area contributed by atoms with Crippen LogP contribution in [0.15, 0.2) is 21.7 Å². The van der Waals surface area contributed by atoms with E-state index in [1.165, 1.54) is 18.9 Å². The number of rotatable bonds is 4. The van der Waals surface area contributed by atoms with Gasteiger partial charge in [0.25, 0.3) is 0 Å². The van der Waals surface area contributed by atoms with Crippen LogP contribution in [0.3, 0.4) is 0 Å². The maximum absolute atomic E-state index is 11.3. The van der Waals surface area contributed by atoms with Crippen molar-refractivity contribution in [2.45, 2.75) is 17.8 Å². The number of ether oxygens (including phenoxy) is 1. The Hall–Kier alpha value is -2.53. The molecular formula is C13H12N4O3S. The van der Waals surface area contributed by atoms with Crippen molar-refractivity contribution in [3.63, 3.8) is 0 Å². The average Bonchev–Trinajstić information content (AvgIpc) is 2.93. The van der Waals surface area contributed by atoms with Gasteiger partial charge in [-0.15, -0.1) is 0 Å². The van der Waals surface area contributed by atoms with Crippen LogP contribution in [0.2, 0.25) is 0 Å². The van der Waals surface area contributed by atoms with Gasteiger partial charge in [-0.2, -0.15) is 5.26 Å². The van der Waals surface area contributed by atoms with Gasteiger partial charge in [0.1, 0.15) is 23.2 Å². The number of carbonyl (C=O) groups is 1. The third-order valence-electron chi connectivity index (χ3n) is 2.60. The Morgan fingerprint density at radius 2 is 2.29 bits per heavy atom. The number of hydrogen-bond acceptors (Lipinski definition) is 8. The van der Waals surface area contributed by atoms with E-state index in [-0.39, 0.29) is 17.1 Å². The van der Waals surface area contributed by atoms with E-state index < -0.39 is 5.97 Å². The van der Waals surface area contributed by atoms with E-state index in [1.54, 1.807) is 19.1 Å². The number of esters is 1. The minimum absolute atomic E-state index is 0.143. The first-order valence-corrected chi connectivity index (χ1v) is 6.87. The van der Waals surface area contributed by atoms with Crippen molar-refractivity contribution < 1.29 is 13.9 Å². The van der Waals surface area contributed by atoms with Crippen molar-refractivity contribution in [3.05, 3.63) is 34.9 Å². The van der Waals surface area contributed by atoms with Gasteiger partial charge in [0.2, 0.25) is 5.76 Å². The third-order valence-corrected chi connectivity index (χ3v) is 3.47. The van der Waals surface area contributed by atoms with Crippen LogP contribution in [0, 0.1) is 18.3 Å². The Labute approximate surface area is 125 Å². The van der Waals surface area contributed by atoms with Crippen molar-refractivity contribution in [2.75, 3.05) is 12.8 Å². The predicted molar refractivity (Wildman–Crippen MR) is 75.5 cm³/mol. The summed E-state index contributed by atoms with van der Waals surface area (Å²) >= 11 is 1.30. The molecule has 2 rings (SSSR count). The summed E-state index contributed by atoms with van der Waals surface area (Å²) in [5.41, 5.74) is 6.50. The molecule has 0 aliphatic heterocycles. The van der Waals surface area contributed by atoms with Crippen molar-refractivity contribution in [3.8, 4) is 6.07 Å². The van der Waals surface area contributed by atoms with Crippen LogP contribution in [0.1, 0.15) is 27.6 Å². The van der Waals surface area contributed by atoms with Crippen LogP contribution in [0.25, 0.3) is 0 Å². The zero-order valence-electron chi connectivity index (χ0n) is 11.4. The first kappa shape index (κ1) is 14.9. The normalized spacial score (nSPS) is 10.1. The first-order valence-electron chi connectivity index (χ1n) is 5.89. The summed E-state index contributed by atoms with van der Waals surface area (Å²) in [6.07, 6.45) is 0. The van der Waals surface area contributed by atoms with Gasteiger partial charge in [0, 0.05) is 0 Å². The summed E-state index contributed by atoms with van der Waals surface area (Å²) in [7, 11) is 1.29. The van der Waals surface area contributed by atoms with Gasteiger partial charge in [0.05, 0.1) is 18.6 Å². The monoisotopic (exact) mass is 304 g/mol. The fourth-order valence-corrected chi connectivity index (χ4v) is 2.36. The summed E-state index contributed by atoms with van der Waals surface area (Å²) in [6.45, 7) is 1.70. The molecule has 2 N–H and O–H groups in total. The highest BCUT2D eigenvalue weighted by molar-refractivity contribution is 7.98. The number of hydrogen-bond donors (Lipinski definition) is 1. The zero-order chi connectivity index (χ0) is 15.4. The summed E-state index contributed by atoms with van der Waals surface area (Å²) in [5.74, 6) is 0.791. The summed E-state index contributed by atoms with van der Waals surface area (Å²) in [5, 5.41) is 9.35. The molecule has 0 aromatic carbocycles. The maximum Gasteiger partial charge on any atom is 0.373 e. The number of nitrogens with zero attached hydrogens (tertiary/aromatic N) is 3. The quantitative estimate of drug-likeness (QED) is 0.517. The summed E-state index contributed by atoms with van der Waals surface area (Å²) < 4.78 is 9.89. The highest BCUT2D eigenvalue weighted by atomic mass is 32.2. The molecule has 0 aliphatic carbocycles. The van der Waals surface area contributed by atoms with E-state index >= 15 is 0 Å². The number of methoxy groups -OCH3 is 1. The largest absolute Gasteiger partial charge is 0.463 e. The minimum Gasteiger partial charge on any atom is -0.463 e. The molecule has 8 heteroatoms. The molecule has 2 aromatic rings. The Morgan fingerprint density at radius 3 is 2.90 bits per heavy atom. The molecule has 0 amide bonds. The van der Waals surface area contributed by atoms with Gasteiger partial charge in [-0.25, -0.2) is 14.8 Å². The first-order chi connectivity index (χ1) is 10.0. The highest BCUT2D eigenvalue weighted by Gasteiger charge is 2.13. The molecule has 0 spiro atoms. The maximum atomic E-state index is 11.3. The van der Waals surface area contributed by atoms with E-state index in [0.29, 0.717) is 22.4 Å². The van der Waals surface area contributed by atoms with Crippen molar-refractivity contribution >= 4 is 23.5 Å². The lowest BCUT2D eigenvalue weighted by atomic mass is 10.2. The predicted octanol–water partition coefficient (Wildman–Crippen LogP) is 1.91. The van der Waals surface area contributed by atoms with Crippen LogP contribution in [0.4, 0.5) is 5.82 Å². The lowest BCUT2D eigenvalue weighted by Gasteiger charge is -2.04. The second kappa shape index (κ2) is 6.28. The molecule has 0 bridgehead atoms. The molecule has 108 valence electrons. The second-order valence-corrected chi connectivity index (χ2v) is 4.95. The van der Waals surface area contributed by atoms with E-state index in [9.17, 15) is 4.79 Å². The number of carbonyl (C=O) groups excluding carboxylic acids is 1. The molecule has 7 nitrogen and oxygen atoms in total. The zero-order valence-corrected chi connectivity index (χ0v) is 12.2. The van der Waals surface area contributed by atoms with Crippen molar-refractivity contribution in [1.82, 2.24) is 9.97 Å². The minimum atomic E-state index is -0.527. The van der Waals surface area contributed by atoms with Crippen LogP contribution in [-0.2, 0) is 10.5 Å². The molecule has 0 fully saturated rings. The Kier molecular flexibility index (Phi) is 4.45. The number of nitrogen functional groups attached to an aromatic ring is 1. The average molecular weight is 304 g/mol. The topological polar surface area (TPSA) is 115 Å². The Bertz CT molecular complexity index is 697. The number of anilines is 1. The number of aromatic nitrogens is 2. The van der Waals surface area contributed by atoms with Gasteiger partial charge in [-0.3, -0.25) is 0 Å². The van der Waals surface area contributed by atoms with Crippen LogP contribution in [0.5, 0.6) is 0 Å². The van der Waals surface area contributed by atoms with Crippen LogP contribution < -0.4 is 5.73 Å². The number of nitriles is 1. The van der Waals surface area contributed by atoms with Crippen LogP contribution >= 0.6 is 11.8 Å². The van der Waals surface area contributed by atoms with E-state index in [4.69, 9.17) is 15.4 Å². The van der Waals surface area contributed by atoms with Gasteiger partial charge < -0.3 is 14.9 Å². The molecule has 21 heavy (non-hydrogen) atoms. The third kappa shape index (κ3) is 3.32. The van der Waals surface area contributed by atoms with Gasteiger partial charge in [-0.1, -0.05) is 11.8 Å². The van der Waals surface area contributed by atoms with Gasteiger partial charge in [-0.05, 0) is 19.1 Å². The molecule has 2 aromatic heterocycles. The van der Waals surface area contributed by atoms with E-state index in [0.717, 1.165) is 0 Å². The molecule has 0 atom stereocenters. The van der Waals surface area contributed by atoms with Crippen LogP contribution in [-0.4, -0.2) is 23.0 Å². The van der Waals surface area contributed by atoms with Gasteiger partial charge >= 0.3 is 5.97 Å². The van der Waals surface area contributed by atoms with Gasteiger partial charge in [0.15, 0.2) is 5.16 Å². The SMILES string of the molecule is COC(=O)c1ccc(CSc2nc(C)c(C#N)c(N)n2)o1. The Balaban J connectivity index is 2.08. The number of furan rings is 1. The van der Waals surface area contributed by atoms with Crippen molar-refractivity contribution in [2.24, 2.45) is 0 Å². The molecule has 0 saturated heterocycles. The fraction of sp³-hybridized carbons (Fsp3) is 0.231. The molecule has 2 heterocycles. The fourth-order valence-electron chi connectivity index (χ4n) is 1.57. The number of thioether (sulfide) groups is 1.